The molecule has 0 N–H and O–H groups in total. The second-order valence-electron chi connectivity index (χ2n) is 4.16. The van der Waals surface area contributed by atoms with Crippen molar-refractivity contribution >= 4 is 23.4 Å². The number of benzene rings is 1. The van der Waals surface area contributed by atoms with Gasteiger partial charge < -0.3 is 4.90 Å². The van der Waals surface area contributed by atoms with Crippen LogP contribution >= 0.6 is 11.8 Å². The molecular formula is C15H16N2OS. The van der Waals surface area contributed by atoms with Crippen molar-refractivity contribution in [2.75, 3.05) is 11.9 Å². The maximum atomic E-state index is 12.3. The SMILES string of the molecule is C[C@@H](Sc1ccccn1)C(=O)N(C)c1ccccc1. The number of pyridine rings is 1. The molecule has 0 fully saturated rings. The van der Waals surface area contributed by atoms with Gasteiger partial charge in [-0.25, -0.2) is 4.98 Å². The van der Waals surface area contributed by atoms with Crippen LogP contribution < -0.4 is 4.90 Å². The van der Waals surface area contributed by atoms with E-state index in [2.05, 4.69) is 4.98 Å². The van der Waals surface area contributed by atoms with Gasteiger partial charge in [0.2, 0.25) is 5.91 Å². The molecule has 19 heavy (non-hydrogen) atoms. The molecule has 0 aliphatic rings. The average Bonchev–Trinajstić information content (AvgIpc) is 2.47. The zero-order valence-corrected chi connectivity index (χ0v) is 11.8. The third kappa shape index (κ3) is 3.58. The minimum atomic E-state index is -0.167. The van der Waals surface area contributed by atoms with Gasteiger partial charge in [-0.15, -0.1) is 0 Å². The standard InChI is InChI=1S/C15H16N2OS/c1-12(19-14-10-6-7-11-16-14)15(18)17(2)13-8-4-3-5-9-13/h3-12H,1-2H3/t12-/m1/s1. The molecular weight excluding hydrogens is 256 g/mol. The highest BCUT2D eigenvalue weighted by molar-refractivity contribution is 8.00. The number of thioether (sulfide) groups is 1. The van der Waals surface area contributed by atoms with Crippen LogP contribution in [0.25, 0.3) is 0 Å². The molecule has 98 valence electrons. The van der Waals surface area contributed by atoms with Crippen molar-refractivity contribution in [1.82, 2.24) is 4.98 Å². The van der Waals surface area contributed by atoms with Crippen LogP contribution in [0.15, 0.2) is 59.8 Å². The van der Waals surface area contributed by atoms with Gasteiger partial charge in [-0.2, -0.15) is 0 Å². The predicted octanol–water partition coefficient (Wildman–Crippen LogP) is 3.23. The van der Waals surface area contributed by atoms with E-state index in [0.717, 1.165) is 10.7 Å². The summed E-state index contributed by atoms with van der Waals surface area (Å²) in [5.41, 5.74) is 0.904. The quantitative estimate of drug-likeness (QED) is 0.801. The molecule has 1 heterocycles. The minimum Gasteiger partial charge on any atom is -0.315 e. The monoisotopic (exact) mass is 272 g/mol. The number of aromatic nitrogens is 1. The summed E-state index contributed by atoms with van der Waals surface area (Å²) in [6.45, 7) is 1.90. The topological polar surface area (TPSA) is 33.2 Å². The minimum absolute atomic E-state index is 0.0712. The molecule has 0 radical (unpaired) electrons. The Balaban J connectivity index is 2.03. The predicted molar refractivity (Wildman–Crippen MR) is 79.4 cm³/mol. The summed E-state index contributed by atoms with van der Waals surface area (Å²) < 4.78 is 0. The van der Waals surface area contributed by atoms with E-state index in [9.17, 15) is 4.79 Å². The van der Waals surface area contributed by atoms with Crippen LogP contribution in [0.3, 0.4) is 0 Å². The summed E-state index contributed by atoms with van der Waals surface area (Å²) in [5, 5.41) is 0.699. The van der Waals surface area contributed by atoms with Crippen LogP contribution in [0.1, 0.15) is 6.92 Å². The molecule has 4 heteroatoms. The lowest BCUT2D eigenvalue weighted by molar-refractivity contribution is -0.117. The maximum absolute atomic E-state index is 12.3. The van der Waals surface area contributed by atoms with Crippen molar-refractivity contribution in [3.05, 3.63) is 54.7 Å². The van der Waals surface area contributed by atoms with Crippen molar-refractivity contribution in [3.63, 3.8) is 0 Å². The Morgan fingerprint density at radius 3 is 2.47 bits per heavy atom. The fraction of sp³-hybridized carbons (Fsp3) is 0.200. The maximum Gasteiger partial charge on any atom is 0.239 e. The highest BCUT2D eigenvalue weighted by atomic mass is 32.2. The third-order valence-corrected chi connectivity index (χ3v) is 3.80. The summed E-state index contributed by atoms with van der Waals surface area (Å²) in [6, 6.07) is 15.3. The van der Waals surface area contributed by atoms with Crippen LogP contribution in [-0.2, 0) is 4.79 Å². The summed E-state index contributed by atoms with van der Waals surface area (Å²) >= 11 is 1.47. The number of amides is 1. The zero-order valence-electron chi connectivity index (χ0n) is 11.0. The first-order valence-electron chi connectivity index (χ1n) is 6.09. The normalized spacial score (nSPS) is 11.9. The van der Waals surface area contributed by atoms with Gasteiger partial charge in [0, 0.05) is 18.9 Å². The summed E-state index contributed by atoms with van der Waals surface area (Å²) in [6.07, 6.45) is 1.74. The molecule has 2 rings (SSSR count). The van der Waals surface area contributed by atoms with Crippen molar-refractivity contribution in [1.29, 1.82) is 0 Å². The fourth-order valence-electron chi connectivity index (χ4n) is 1.70. The molecule has 0 spiro atoms. The van der Waals surface area contributed by atoms with E-state index < -0.39 is 0 Å². The van der Waals surface area contributed by atoms with E-state index in [1.54, 1.807) is 18.1 Å². The highest BCUT2D eigenvalue weighted by Gasteiger charge is 2.19. The highest BCUT2D eigenvalue weighted by Crippen LogP contribution is 2.23. The van der Waals surface area contributed by atoms with Crippen molar-refractivity contribution < 1.29 is 4.79 Å². The molecule has 1 aromatic heterocycles. The third-order valence-electron chi connectivity index (χ3n) is 2.76. The number of hydrogen-bond donors (Lipinski definition) is 0. The van der Waals surface area contributed by atoms with Gasteiger partial charge in [0.05, 0.1) is 10.3 Å². The number of carbonyl (C=O) groups excluding carboxylic acids is 1. The van der Waals surface area contributed by atoms with Crippen molar-refractivity contribution in [3.8, 4) is 0 Å². The van der Waals surface area contributed by atoms with Gasteiger partial charge in [0.15, 0.2) is 0 Å². The van der Waals surface area contributed by atoms with E-state index in [1.807, 2.05) is 55.5 Å². The van der Waals surface area contributed by atoms with E-state index in [4.69, 9.17) is 0 Å². The Bertz CT molecular complexity index is 530. The molecule has 0 aliphatic heterocycles. The Labute approximate surface area is 117 Å². The Kier molecular flexibility index (Phi) is 4.58. The first kappa shape index (κ1) is 13.6. The Morgan fingerprint density at radius 2 is 1.84 bits per heavy atom. The lowest BCUT2D eigenvalue weighted by Gasteiger charge is -2.20. The number of rotatable bonds is 4. The van der Waals surface area contributed by atoms with Gasteiger partial charge >= 0.3 is 0 Å². The second-order valence-corrected chi connectivity index (χ2v) is 5.52. The number of para-hydroxylation sites is 1. The largest absolute Gasteiger partial charge is 0.315 e. The lowest BCUT2D eigenvalue weighted by atomic mass is 10.3. The molecule has 1 amide bonds. The first-order chi connectivity index (χ1) is 9.18. The van der Waals surface area contributed by atoms with E-state index in [1.165, 1.54) is 11.8 Å². The van der Waals surface area contributed by atoms with Crippen LogP contribution in [0, 0.1) is 0 Å². The molecule has 0 saturated heterocycles. The van der Waals surface area contributed by atoms with Gasteiger partial charge in [-0.3, -0.25) is 4.79 Å². The van der Waals surface area contributed by atoms with E-state index >= 15 is 0 Å². The van der Waals surface area contributed by atoms with Crippen LogP contribution in [0.4, 0.5) is 5.69 Å². The fourth-order valence-corrected chi connectivity index (χ4v) is 2.60. The first-order valence-corrected chi connectivity index (χ1v) is 6.97. The molecule has 1 aromatic carbocycles. The summed E-state index contributed by atoms with van der Waals surface area (Å²) in [5.74, 6) is 0.0712. The van der Waals surface area contributed by atoms with Crippen LogP contribution in [0.2, 0.25) is 0 Å². The van der Waals surface area contributed by atoms with Gasteiger partial charge in [0.25, 0.3) is 0 Å². The molecule has 2 aromatic rings. The van der Waals surface area contributed by atoms with Crippen molar-refractivity contribution in [2.24, 2.45) is 0 Å². The van der Waals surface area contributed by atoms with Crippen LogP contribution in [0.5, 0.6) is 0 Å². The smallest absolute Gasteiger partial charge is 0.239 e. The lowest BCUT2D eigenvalue weighted by Crippen LogP contribution is -2.33. The average molecular weight is 272 g/mol. The van der Waals surface area contributed by atoms with Crippen LogP contribution in [-0.4, -0.2) is 23.2 Å². The number of nitrogens with zero attached hydrogens (tertiary/aromatic N) is 2. The molecule has 0 unspecified atom stereocenters. The molecule has 0 saturated carbocycles. The molecule has 1 atom stereocenters. The van der Waals surface area contributed by atoms with Gasteiger partial charge in [-0.1, -0.05) is 36.0 Å². The Morgan fingerprint density at radius 1 is 1.16 bits per heavy atom. The molecule has 0 bridgehead atoms. The molecule has 0 aliphatic carbocycles. The van der Waals surface area contributed by atoms with Crippen molar-refractivity contribution in [2.45, 2.75) is 17.2 Å². The Hall–Kier alpha value is -1.81. The van der Waals surface area contributed by atoms with E-state index in [0.29, 0.717) is 0 Å². The molecule has 3 nitrogen and oxygen atoms in total. The summed E-state index contributed by atoms with van der Waals surface area (Å²) in [4.78, 5) is 18.2. The second kappa shape index (κ2) is 6.38. The number of hydrogen-bond acceptors (Lipinski definition) is 3. The van der Waals surface area contributed by atoms with Gasteiger partial charge in [-0.05, 0) is 31.2 Å². The van der Waals surface area contributed by atoms with E-state index in [-0.39, 0.29) is 11.2 Å². The zero-order chi connectivity index (χ0) is 13.7. The number of anilines is 1. The van der Waals surface area contributed by atoms with Gasteiger partial charge in [0.1, 0.15) is 0 Å². The number of carbonyl (C=O) groups is 1. The summed E-state index contributed by atoms with van der Waals surface area (Å²) in [7, 11) is 1.80.